The van der Waals surface area contributed by atoms with Crippen LogP contribution in [0.1, 0.15) is 31.8 Å². The molecule has 4 N–H and O–H groups in total. The normalized spacial score (nSPS) is 24.2. The Balaban J connectivity index is 1.13. The molecule has 5 atom stereocenters. The number of carbonyl (C=O) groups is 2. The highest BCUT2D eigenvalue weighted by molar-refractivity contribution is 6.10. The molecule has 252 valence electrons. The Morgan fingerprint density at radius 1 is 1.12 bits per heavy atom. The number of Topliss-reactive ketones (excluding diaryl/α,β-unsaturated/α-hetero) is 1. The first-order valence-corrected chi connectivity index (χ1v) is 15.8. The van der Waals surface area contributed by atoms with E-state index in [0.29, 0.717) is 22.3 Å². The highest BCUT2D eigenvalue weighted by Crippen LogP contribution is 2.42. The summed E-state index contributed by atoms with van der Waals surface area (Å²) in [5, 5.41) is 44.6. The Labute approximate surface area is 281 Å². The number of rotatable bonds is 10. The van der Waals surface area contributed by atoms with Gasteiger partial charge in [0.25, 0.3) is 5.91 Å². The quantitative estimate of drug-likeness (QED) is 0.187. The number of aromatic hydroxyl groups is 1. The fourth-order valence-corrected chi connectivity index (χ4v) is 6.60. The van der Waals surface area contributed by atoms with Crippen molar-refractivity contribution in [1.29, 1.82) is 0 Å². The lowest BCUT2D eigenvalue weighted by atomic mass is 9.96. The van der Waals surface area contributed by atoms with E-state index >= 15 is 0 Å². The summed E-state index contributed by atoms with van der Waals surface area (Å²) in [7, 11) is 1.45. The van der Waals surface area contributed by atoms with Gasteiger partial charge in [0, 0.05) is 42.8 Å². The SMILES string of the molecule is COc1cc(O[C@H]2O[C@H](COCC3=C4[CH+]C=CC=C4N=C3)[C@@H](O)[C@H](O)[C@H]2O)c2c(O)c(C(=O)CN3Cc4ccccc4C3=O)c(C)cc2c1. The van der Waals surface area contributed by atoms with Gasteiger partial charge in [-0.25, -0.2) is 0 Å². The summed E-state index contributed by atoms with van der Waals surface area (Å²) >= 11 is 0. The van der Waals surface area contributed by atoms with E-state index in [1.807, 2.05) is 36.8 Å². The number of carbonyl (C=O) groups excluding carboxylic acids is 2. The molecule has 1 amide bonds. The maximum absolute atomic E-state index is 13.7. The molecule has 1 fully saturated rings. The first kappa shape index (κ1) is 32.6. The van der Waals surface area contributed by atoms with E-state index in [-0.39, 0.29) is 54.7 Å². The summed E-state index contributed by atoms with van der Waals surface area (Å²) in [5.41, 5.74) is 4.43. The van der Waals surface area contributed by atoms with Crippen LogP contribution in [0.15, 0.2) is 82.5 Å². The average molecular weight is 668 g/mol. The van der Waals surface area contributed by atoms with Crippen LogP contribution in [-0.4, -0.2) is 101 Å². The summed E-state index contributed by atoms with van der Waals surface area (Å²) in [5.74, 6) is -0.784. The fraction of sp³-hybridized carbons (Fsp3) is 0.297. The number of phenols is 1. The smallest absolute Gasteiger partial charge is 0.254 e. The Morgan fingerprint density at radius 3 is 2.73 bits per heavy atom. The zero-order chi connectivity index (χ0) is 34.4. The molecule has 0 bridgehead atoms. The molecule has 12 heteroatoms. The summed E-state index contributed by atoms with van der Waals surface area (Å²) in [6.45, 7) is 1.71. The van der Waals surface area contributed by atoms with Crippen LogP contribution in [0.25, 0.3) is 10.8 Å². The first-order chi connectivity index (χ1) is 23.6. The third kappa shape index (κ3) is 5.98. The van der Waals surface area contributed by atoms with Gasteiger partial charge in [-0.05, 0) is 35.6 Å². The van der Waals surface area contributed by atoms with Gasteiger partial charge < -0.3 is 44.3 Å². The van der Waals surface area contributed by atoms with E-state index in [4.69, 9.17) is 18.9 Å². The van der Waals surface area contributed by atoms with E-state index in [1.165, 1.54) is 18.1 Å². The molecule has 49 heavy (non-hydrogen) atoms. The van der Waals surface area contributed by atoms with Crippen molar-refractivity contribution < 1.29 is 49.0 Å². The molecule has 7 rings (SSSR count). The van der Waals surface area contributed by atoms with Crippen molar-refractivity contribution in [3.8, 4) is 17.2 Å². The van der Waals surface area contributed by atoms with Crippen molar-refractivity contribution in [3.05, 3.63) is 106 Å². The van der Waals surface area contributed by atoms with Crippen LogP contribution >= 0.6 is 0 Å². The minimum atomic E-state index is -1.69. The number of nitrogens with zero attached hydrogens (tertiary/aromatic N) is 2. The Bertz CT molecular complexity index is 1960. The highest BCUT2D eigenvalue weighted by atomic mass is 16.7. The second-order valence-electron chi connectivity index (χ2n) is 12.3. The van der Waals surface area contributed by atoms with E-state index < -0.39 is 36.5 Å². The summed E-state index contributed by atoms with van der Waals surface area (Å²) in [4.78, 5) is 32.4. The predicted octanol–water partition coefficient (Wildman–Crippen LogP) is 2.94. The lowest BCUT2D eigenvalue weighted by molar-refractivity contribution is -0.279. The van der Waals surface area contributed by atoms with Crippen LogP contribution < -0.4 is 9.47 Å². The molecule has 0 aromatic heterocycles. The monoisotopic (exact) mass is 667 g/mol. The van der Waals surface area contributed by atoms with Crippen molar-refractivity contribution in [2.45, 2.75) is 44.2 Å². The van der Waals surface area contributed by atoms with Crippen molar-refractivity contribution in [2.75, 3.05) is 26.9 Å². The summed E-state index contributed by atoms with van der Waals surface area (Å²) in [6, 6.07) is 12.0. The zero-order valence-electron chi connectivity index (χ0n) is 26.8. The van der Waals surface area contributed by atoms with E-state index in [1.54, 1.807) is 37.4 Å². The van der Waals surface area contributed by atoms with Gasteiger partial charge in [0.2, 0.25) is 6.29 Å². The van der Waals surface area contributed by atoms with E-state index in [2.05, 4.69) is 4.99 Å². The number of methoxy groups -OCH3 is 1. The van der Waals surface area contributed by atoms with Gasteiger partial charge in [-0.3, -0.25) is 9.59 Å². The Kier molecular flexibility index (Phi) is 8.73. The number of aliphatic hydroxyl groups excluding tert-OH is 3. The Morgan fingerprint density at radius 2 is 1.94 bits per heavy atom. The molecule has 0 radical (unpaired) electrons. The van der Waals surface area contributed by atoms with Crippen LogP contribution in [0, 0.1) is 13.3 Å². The average Bonchev–Trinajstić information content (AvgIpc) is 3.65. The van der Waals surface area contributed by atoms with E-state index in [9.17, 15) is 30.0 Å². The zero-order valence-corrected chi connectivity index (χ0v) is 26.8. The molecule has 0 spiro atoms. The van der Waals surface area contributed by atoms with Gasteiger partial charge in [-0.15, -0.1) is 0 Å². The number of hydrogen-bond donors (Lipinski definition) is 4. The predicted molar refractivity (Wildman–Crippen MR) is 178 cm³/mol. The molecule has 0 saturated carbocycles. The molecular weight excluding hydrogens is 632 g/mol. The number of phenolic OH excluding ortho intramolecular Hbond substituents is 1. The maximum atomic E-state index is 13.7. The number of benzene rings is 3. The summed E-state index contributed by atoms with van der Waals surface area (Å²) < 4.78 is 23.3. The van der Waals surface area contributed by atoms with Crippen LogP contribution in [-0.2, 0) is 16.0 Å². The third-order valence-corrected chi connectivity index (χ3v) is 9.15. The molecule has 3 heterocycles. The second-order valence-corrected chi connectivity index (χ2v) is 12.3. The first-order valence-electron chi connectivity index (χ1n) is 15.8. The minimum absolute atomic E-state index is 0.00708. The Hall–Kier alpha value is -4.98. The van der Waals surface area contributed by atoms with Crippen molar-refractivity contribution in [3.63, 3.8) is 0 Å². The minimum Gasteiger partial charge on any atom is -0.506 e. The molecule has 1 saturated heterocycles. The second kappa shape index (κ2) is 13.1. The molecule has 3 aromatic carbocycles. The van der Waals surface area contributed by atoms with Crippen molar-refractivity contribution in [1.82, 2.24) is 4.90 Å². The van der Waals surface area contributed by atoms with Crippen LogP contribution in [0.3, 0.4) is 0 Å². The number of allylic oxidation sites excluding steroid dienone is 4. The molecule has 3 aliphatic heterocycles. The lowest BCUT2D eigenvalue weighted by Crippen LogP contribution is -2.60. The van der Waals surface area contributed by atoms with Gasteiger partial charge in [0.1, 0.15) is 53.8 Å². The van der Waals surface area contributed by atoms with Gasteiger partial charge in [-0.2, -0.15) is 4.99 Å². The van der Waals surface area contributed by atoms with Crippen LogP contribution in [0.4, 0.5) is 0 Å². The number of ether oxygens (including phenoxy) is 4. The fourth-order valence-electron chi connectivity index (χ4n) is 6.60. The third-order valence-electron chi connectivity index (χ3n) is 9.15. The molecule has 0 unspecified atom stereocenters. The van der Waals surface area contributed by atoms with Crippen LogP contribution in [0.5, 0.6) is 17.2 Å². The maximum Gasteiger partial charge on any atom is 0.254 e. The van der Waals surface area contributed by atoms with Gasteiger partial charge in [-0.1, -0.05) is 24.3 Å². The molecule has 12 nitrogen and oxygen atoms in total. The number of amides is 1. The molecule has 3 aromatic rings. The van der Waals surface area contributed by atoms with Gasteiger partial charge >= 0.3 is 0 Å². The van der Waals surface area contributed by atoms with E-state index in [0.717, 1.165) is 22.4 Å². The topological polar surface area (TPSA) is 168 Å². The number of aliphatic hydroxyl groups is 3. The van der Waals surface area contributed by atoms with Crippen molar-refractivity contribution >= 4 is 28.7 Å². The number of ketones is 1. The lowest BCUT2D eigenvalue weighted by Gasteiger charge is -2.40. The largest absolute Gasteiger partial charge is 0.506 e. The number of aryl methyl sites for hydroxylation is 1. The molecule has 1 aliphatic carbocycles. The number of hydrogen-bond acceptors (Lipinski definition) is 11. The standard InChI is InChI=1S/C37H34N2O10/c1-19-11-21-12-23(46-2)13-28(31(21)33(42)30(19)27(40)16-39-15-20-7-3-4-9-25(20)36(39)45)48-37-35(44)34(43)32(41)29(49-37)18-47-17-22-14-38-26-10-6-5-8-24(22)26/h3-14,29,32,34-35,37,41,43-44H,15-18H2,1-2H3/p+1/t29-,32-,34+,35-,37+/m1/s1. The summed E-state index contributed by atoms with van der Waals surface area (Å²) in [6.07, 6.45) is 1.87. The van der Waals surface area contributed by atoms with Crippen LogP contribution in [0.2, 0.25) is 0 Å². The highest BCUT2D eigenvalue weighted by Gasteiger charge is 2.45. The molecule has 4 aliphatic rings. The van der Waals surface area contributed by atoms with Gasteiger partial charge in [0.15, 0.2) is 11.5 Å². The van der Waals surface area contributed by atoms with Gasteiger partial charge in [0.05, 0.1) is 43.0 Å². The van der Waals surface area contributed by atoms with Crippen molar-refractivity contribution in [2.24, 2.45) is 4.99 Å². The number of aliphatic imine (C=N–C) groups is 1. The number of fused-ring (bicyclic) bond motifs is 3. The molecular formula is C37H35N2O10+.